The molecule has 0 aromatic rings. The molecule has 0 rings (SSSR count). The predicted octanol–water partition coefficient (Wildman–Crippen LogP) is 2.15. The highest BCUT2D eigenvalue weighted by Gasteiger charge is 2.43. The lowest BCUT2D eigenvalue weighted by Gasteiger charge is -2.38. The van der Waals surface area contributed by atoms with E-state index in [0.717, 1.165) is 0 Å². The first-order valence-electron chi connectivity index (χ1n) is 4.55. The largest absolute Gasteiger partial charge is 0.382 e. The van der Waals surface area contributed by atoms with Gasteiger partial charge in [-0.15, -0.1) is 0 Å². The van der Waals surface area contributed by atoms with E-state index < -0.39 is 5.60 Å². The predicted molar refractivity (Wildman–Crippen MR) is 50.0 cm³/mol. The summed E-state index contributed by atoms with van der Waals surface area (Å²) in [5.41, 5.74) is -1.52. The van der Waals surface area contributed by atoms with Gasteiger partial charge in [0, 0.05) is 6.42 Å². The molecule has 0 aliphatic heterocycles. The van der Waals surface area contributed by atoms with Crippen LogP contribution in [0, 0.1) is 5.41 Å². The van der Waals surface area contributed by atoms with Gasteiger partial charge in [-0.05, 0) is 11.8 Å². The molecule has 1 N–H and O–H groups in total. The Morgan fingerprint density at radius 1 is 1.25 bits per heavy atom. The van der Waals surface area contributed by atoms with E-state index in [1.54, 1.807) is 6.92 Å². The van der Waals surface area contributed by atoms with Crippen molar-refractivity contribution >= 4 is 5.78 Å². The molecule has 0 heterocycles. The molecule has 12 heavy (non-hydrogen) atoms. The zero-order valence-electron chi connectivity index (χ0n) is 8.77. The molecule has 2 nitrogen and oxygen atoms in total. The summed E-state index contributed by atoms with van der Waals surface area (Å²) in [6.45, 7) is 9.31. The number of carbonyl (C=O) groups is 1. The quantitative estimate of drug-likeness (QED) is 0.708. The van der Waals surface area contributed by atoms with Crippen molar-refractivity contribution in [3.63, 3.8) is 0 Å². The summed E-state index contributed by atoms with van der Waals surface area (Å²) in [4.78, 5) is 11.5. The Hall–Kier alpha value is -0.370. The average Bonchev–Trinajstić information content (AvgIpc) is 1.99. The number of Topliss-reactive ketones (excluding diaryl/α,β-unsaturated/α-hetero) is 1. The zero-order chi connectivity index (χ0) is 9.99. The average molecular weight is 172 g/mol. The summed E-state index contributed by atoms with van der Waals surface area (Å²) >= 11 is 0. The summed E-state index contributed by atoms with van der Waals surface area (Å²) in [5, 5.41) is 10.1. The molecule has 72 valence electrons. The van der Waals surface area contributed by atoms with Crippen molar-refractivity contribution in [2.45, 2.75) is 53.1 Å². The second-order valence-corrected chi connectivity index (χ2v) is 4.24. The molecule has 0 bridgehead atoms. The molecule has 0 radical (unpaired) electrons. The van der Waals surface area contributed by atoms with Crippen molar-refractivity contribution in [1.29, 1.82) is 0 Å². The zero-order valence-corrected chi connectivity index (χ0v) is 8.77. The van der Waals surface area contributed by atoms with Crippen molar-refractivity contribution in [1.82, 2.24) is 0 Å². The number of hydrogen-bond acceptors (Lipinski definition) is 2. The highest BCUT2D eigenvalue weighted by molar-refractivity contribution is 5.87. The van der Waals surface area contributed by atoms with Gasteiger partial charge in [0.05, 0.1) is 0 Å². The van der Waals surface area contributed by atoms with E-state index in [2.05, 4.69) is 0 Å². The fourth-order valence-corrected chi connectivity index (χ4v) is 1.44. The third-order valence-corrected chi connectivity index (χ3v) is 2.53. The van der Waals surface area contributed by atoms with Crippen molar-refractivity contribution in [3.8, 4) is 0 Å². The number of carbonyl (C=O) groups excluding carboxylic acids is 1. The van der Waals surface area contributed by atoms with Crippen molar-refractivity contribution in [3.05, 3.63) is 0 Å². The lowest BCUT2D eigenvalue weighted by Crippen LogP contribution is -2.49. The monoisotopic (exact) mass is 172 g/mol. The number of ketones is 1. The second kappa shape index (κ2) is 3.56. The van der Waals surface area contributed by atoms with Gasteiger partial charge >= 0.3 is 0 Å². The van der Waals surface area contributed by atoms with Crippen molar-refractivity contribution in [2.24, 2.45) is 5.41 Å². The van der Waals surface area contributed by atoms with Gasteiger partial charge in [0.2, 0.25) is 0 Å². The lowest BCUT2D eigenvalue weighted by atomic mass is 9.71. The Kier molecular flexibility index (Phi) is 3.45. The van der Waals surface area contributed by atoms with Gasteiger partial charge < -0.3 is 5.11 Å². The summed E-state index contributed by atoms with van der Waals surface area (Å²) in [7, 11) is 0. The van der Waals surface area contributed by atoms with Crippen molar-refractivity contribution in [2.75, 3.05) is 0 Å². The second-order valence-electron chi connectivity index (χ2n) is 4.24. The maximum absolute atomic E-state index is 11.5. The van der Waals surface area contributed by atoms with E-state index in [9.17, 15) is 9.90 Å². The standard InChI is InChI=1S/C10H20O2/c1-6-8(11)10(12,7-2)9(3,4)5/h12H,6-7H2,1-5H3. The first kappa shape index (κ1) is 11.6. The molecular formula is C10H20O2. The molecule has 0 saturated carbocycles. The maximum Gasteiger partial charge on any atom is 0.164 e. The highest BCUT2D eigenvalue weighted by atomic mass is 16.3. The summed E-state index contributed by atoms with van der Waals surface area (Å²) in [6.07, 6.45) is 0.894. The minimum absolute atomic E-state index is 0.0579. The van der Waals surface area contributed by atoms with Crippen LogP contribution in [0.4, 0.5) is 0 Å². The Balaban J connectivity index is 4.80. The molecule has 1 atom stereocenters. The van der Waals surface area contributed by atoms with E-state index in [0.29, 0.717) is 12.8 Å². The minimum atomic E-state index is -1.15. The summed E-state index contributed by atoms with van der Waals surface area (Å²) in [6, 6.07) is 0. The van der Waals surface area contributed by atoms with Crippen LogP contribution in [0.2, 0.25) is 0 Å². The highest BCUT2D eigenvalue weighted by Crippen LogP contribution is 2.34. The van der Waals surface area contributed by atoms with E-state index in [4.69, 9.17) is 0 Å². The van der Waals surface area contributed by atoms with Crippen molar-refractivity contribution < 1.29 is 9.90 Å². The first-order valence-corrected chi connectivity index (χ1v) is 4.55. The third-order valence-electron chi connectivity index (χ3n) is 2.53. The van der Waals surface area contributed by atoms with E-state index in [-0.39, 0.29) is 11.2 Å². The molecule has 0 fully saturated rings. The fraction of sp³-hybridized carbons (Fsp3) is 0.900. The molecule has 2 heteroatoms. The van der Waals surface area contributed by atoms with E-state index in [1.165, 1.54) is 0 Å². The Bertz CT molecular complexity index is 167. The van der Waals surface area contributed by atoms with Gasteiger partial charge in [-0.3, -0.25) is 4.79 Å². The van der Waals surface area contributed by atoms with Gasteiger partial charge in [0.1, 0.15) is 5.60 Å². The number of hydrogen-bond donors (Lipinski definition) is 1. The SMILES string of the molecule is CCC(=O)C(O)(CC)C(C)(C)C. The topological polar surface area (TPSA) is 37.3 Å². The lowest BCUT2D eigenvalue weighted by molar-refractivity contribution is -0.149. The molecule has 1 unspecified atom stereocenters. The summed E-state index contributed by atoms with van der Waals surface area (Å²) < 4.78 is 0. The maximum atomic E-state index is 11.5. The molecule has 0 aliphatic carbocycles. The van der Waals surface area contributed by atoms with Crippen LogP contribution in [0.5, 0.6) is 0 Å². The van der Waals surface area contributed by atoms with Crippen LogP contribution in [-0.4, -0.2) is 16.5 Å². The molecular weight excluding hydrogens is 152 g/mol. The number of rotatable bonds is 3. The van der Waals surface area contributed by atoms with Crippen LogP contribution in [0.25, 0.3) is 0 Å². The first-order chi connectivity index (χ1) is 5.29. The molecule has 0 spiro atoms. The normalized spacial score (nSPS) is 17.2. The van der Waals surface area contributed by atoms with Gasteiger partial charge in [-0.1, -0.05) is 34.6 Å². The van der Waals surface area contributed by atoms with E-state index >= 15 is 0 Å². The Morgan fingerprint density at radius 3 is 1.75 bits per heavy atom. The number of aliphatic hydroxyl groups is 1. The van der Waals surface area contributed by atoms with Gasteiger partial charge in [-0.25, -0.2) is 0 Å². The van der Waals surface area contributed by atoms with Crippen LogP contribution in [0.15, 0.2) is 0 Å². The molecule has 0 aromatic carbocycles. The Labute approximate surface area is 75.0 Å². The fourth-order valence-electron chi connectivity index (χ4n) is 1.44. The van der Waals surface area contributed by atoms with Crippen LogP contribution >= 0.6 is 0 Å². The molecule has 0 amide bonds. The smallest absolute Gasteiger partial charge is 0.164 e. The van der Waals surface area contributed by atoms with Crippen LogP contribution < -0.4 is 0 Å². The molecule has 0 aliphatic rings. The van der Waals surface area contributed by atoms with Gasteiger partial charge in [-0.2, -0.15) is 0 Å². The molecule has 0 saturated heterocycles. The van der Waals surface area contributed by atoms with Gasteiger partial charge in [0.25, 0.3) is 0 Å². The van der Waals surface area contributed by atoms with Crippen LogP contribution in [-0.2, 0) is 4.79 Å². The Morgan fingerprint density at radius 2 is 1.67 bits per heavy atom. The van der Waals surface area contributed by atoms with Crippen LogP contribution in [0.3, 0.4) is 0 Å². The van der Waals surface area contributed by atoms with Crippen LogP contribution in [0.1, 0.15) is 47.5 Å². The van der Waals surface area contributed by atoms with Gasteiger partial charge in [0.15, 0.2) is 5.78 Å². The minimum Gasteiger partial charge on any atom is -0.382 e. The molecule has 0 aromatic heterocycles. The summed E-state index contributed by atoms with van der Waals surface area (Å²) in [5.74, 6) is -0.0579. The van der Waals surface area contributed by atoms with E-state index in [1.807, 2.05) is 27.7 Å². The third kappa shape index (κ3) is 1.86.